The largest absolute Gasteiger partial charge is 0.461 e. The van der Waals surface area contributed by atoms with Crippen LogP contribution in [-0.4, -0.2) is 38.8 Å². The highest BCUT2D eigenvalue weighted by atomic mass is 16.5. The van der Waals surface area contributed by atoms with E-state index in [1.807, 2.05) is 29.8 Å². The molecule has 0 amide bonds. The second-order valence-corrected chi connectivity index (χ2v) is 8.07. The molecule has 6 nitrogen and oxygen atoms in total. The fraction of sp³-hybridized carbons (Fsp3) is 0.269. The number of esters is 1. The number of aromatic nitrogens is 3. The van der Waals surface area contributed by atoms with Gasteiger partial charge in [0.2, 0.25) is 0 Å². The normalized spacial score (nSPS) is 13.8. The van der Waals surface area contributed by atoms with Gasteiger partial charge in [0, 0.05) is 43.5 Å². The van der Waals surface area contributed by atoms with Crippen molar-refractivity contribution in [1.82, 2.24) is 19.7 Å². The van der Waals surface area contributed by atoms with Gasteiger partial charge in [0.1, 0.15) is 0 Å². The summed E-state index contributed by atoms with van der Waals surface area (Å²) in [5.41, 5.74) is 4.73. The molecule has 0 saturated heterocycles. The van der Waals surface area contributed by atoms with E-state index < -0.39 is 0 Å². The van der Waals surface area contributed by atoms with Crippen LogP contribution >= 0.6 is 0 Å². The fourth-order valence-electron chi connectivity index (χ4n) is 4.49. The predicted octanol–water partition coefficient (Wildman–Crippen LogP) is 4.21. The van der Waals surface area contributed by atoms with Crippen molar-refractivity contribution in [3.05, 3.63) is 95.1 Å². The number of carbonyl (C=O) groups is 1. The van der Waals surface area contributed by atoms with Gasteiger partial charge in [0.25, 0.3) is 0 Å². The maximum Gasteiger partial charge on any atom is 0.359 e. The Morgan fingerprint density at radius 3 is 2.72 bits per heavy atom. The quantitative estimate of drug-likeness (QED) is 0.432. The highest BCUT2D eigenvalue weighted by molar-refractivity contribution is 5.89. The molecule has 32 heavy (non-hydrogen) atoms. The molecule has 0 fully saturated rings. The van der Waals surface area contributed by atoms with Crippen LogP contribution in [0, 0.1) is 0 Å². The number of nitrogens with zero attached hydrogens (tertiary/aromatic N) is 4. The second-order valence-electron chi connectivity index (χ2n) is 8.07. The summed E-state index contributed by atoms with van der Waals surface area (Å²) in [7, 11) is 0. The van der Waals surface area contributed by atoms with Gasteiger partial charge in [-0.15, -0.1) is 0 Å². The third kappa shape index (κ3) is 4.01. The summed E-state index contributed by atoms with van der Waals surface area (Å²) >= 11 is 0. The maximum absolute atomic E-state index is 12.7. The maximum atomic E-state index is 12.7. The Morgan fingerprint density at radius 2 is 1.88 bits per heavy atom. The smallest absolute Gasteiger partial charge is 0.359 e. The van der Waals surface area contributed by atoms with E-state index in [-0.39, 0.29) is 5.97 Å². The minimum absolute atomic E-state index is 0.334. The van der Waals surface area contributed by atoms with Crippen molar-refractivity contribution in [2.45, 2.75) is 33.0 Å². The zero-order valence-electron chi connectivity index (χ0n) is 18.2. The lowest BCUT2D eigenvalue weighted by Gasteiger charge is -2.28. The SMILES string of the molecule is CCOC(=O)c1nn(Cc2ccccn2)c2c1CN(Cc1cccc3ccccc13)CC2. The third-order valence-electron chi connectivity index (χ3n) is 5.99. The van der Waals surface area contributed by atoms with Gasteiger partial charge in [0.15, 0.2) is 5.69 Å². The van der Waals surface area contributed by atoms with Crippen molar-refractivity contribution in [2.75, 3.05) is 13.2 Å². The van der Waals surface area contributed by atoms with Gasteiger partial charge in [-0.1, -0.05) is 48.5 Å². The number of fused-ring (bicyclic) bond motifs is 2. The Labute approximate surface area is 187 Å². The molecule has 0 bridgehead atoms. The molecule has 2 aromatic carbocycles. The van der Waals surface area contributed by atoms with Crippen molar-refractivity contribution in [1.29, 1.82) is 0 Å². The molecule has 0 atom stereocenters. The Kier molecular flexibility index (Phi) is 5.69. The van der Waals surface area contributed by atoms with Gasteiger partial charge < -0.3 is 4.74 Å². The minimum atomic E-state index is -0.351. The Bertz CT molecular complexity index is 1240. The molecule has 0 unspecified atom stereocenters. The Balaban J connectivity index is 1.45. The van der Waals surface area contributed by atoms with Crippen molar-refractivity contribution in [2.24, 2.45) is 0 Å². The molecule has 5 rings (SSSR count). The molecule has 6 heteroatoms. The number of hydrogen-bond donors (Lipinski definition) is 0. The molecular weight excluding hydrogens is 400 g/mol. The van der Waals surface area contributed by atoms with E-state index in [0.717, 1.165) is 36.5 Å². The molecule has 0 aliphatic carbocycles. The number of ether oxygens (including phenoxy) is 1. The van der Waals surface area contributed by atoms with Crippen LogP contribution in [0.1, 0.15) is 39.9 Å². The first-order chi connectivity index (χ1) is 15.7. The first-order valence-corrected chi connectivity index (χ1v) is 11.1. The first kappa shape index (κ1) is 20.4. The van der Waals surface area contributed by atoms with E-state index in [0.29, 0.717) is 25.4 Å². The van der Waals surface area contributed by atoms with E-state index in [9.17, 15) is 4.79 Å². The Hall–Kier alpha value is -3.51. The van der Waals surface area contributed by atoms with Crippen molar-refractivity contribution >= 4 is 16.7 Å². The summed E-state index contributed by atoms with van der Waals surface area (Å²) in [6.45, 7) is 5.12. The van der Waals surface area contributed by atoms with Gasteiger partial charge in [-0.2, -0.15) is 5.10 Å². The molecule has 2 aromatic heterocycles. The monoisotopic (exact) mass is 426 g/mol. The molecule has 1 aliphatic heterocycles. The fourth-order valence-corrected chi connectivity index (χ4v) is 4.49. The molecule has 1 aliphatic rings. The highest BCUT2D eigenvalue weighted by Gasteiger charge is 2.29. The lowest BCUT2D eigenvalue weighted by atomic mass is 10.0. The van der Waals surface area contributed by atoms with E-state index >= 15 is 0 Å². The van der Waals surface area contributed by atoms with Crippen molar-refractivity contribution in [3.8, 4) is 0 Å². The average molecular weight is 427 g/mol. The van der Waals surface area contributed by atoms with Crippen LogP contribution in [0.4, 0.5) is 0 Å². The van der Waals surface area contributed by atoms with Gasteiger partial charge in [0.05, 0.1) is 18.8 Å². The summed E-state index contributed by atoms with van der Waals surface area (Å²) in [5, 5.41) is 7.20. The van der Waals surface area contributed by atoms with E-state index in [4.69, 9.17) is 4.74 Å². The van der Waals surface area contributed by atoms with Crippen LogP contribution in [0.25, 0.3) is 10.8 Å². The van der Waals surface area contributed by atoms with Gasteiger partial charge in [-0.05, 0) is 35.4 Å². The summed E-state index contributed by atoms with van der Waals surface area (Å²) in [6, 6.07) is 20.8. The number of pyridine rings is 1. The molecular formula is C26H26N4O2. The zero-order valence-corrected chi connectivity index (χ0v) is 18.2. The molecule has 0 spiro atoms. The number of rotatable bonds is 6. The average Bonchev–Trinajstić information content (AvgIpc) is 3.18. The Morgan fingerprint density at radius 1 is 1.03 bits per heavy atom. The van der Waals surface area contributed by atoms with Crippen LogP contribution < -0.4 is 0 Å². The first-order valence-electron chi connectivity index (χ1n) is 11.1. The molecule has 3 heterocycles. The summed E-state index contributed by atoms with van der Waals surface area (Å²) < 4.78 is 7.25. The molecule has 0 N–H and O–H groups in total. The van der Waals surface area contributed by atoms with Crippen LogP contribution in [0.3, 0.4) is 0 Å². The van der Waals surface area contributed by atoms with E-state index in [2.05, 4.69) is 57.4 Å². The number of benzene rings is 2. The van der Waals surface area contributed by atoms with Crippen molar-refractivity contribution in [3.63, 3.8) is 0 Å². The van der Waals surface area contributed by atoms with Crippen LogP contribution in [0.5, 0.6) is 0 Å². The standard InChI is InChI=1S/C26H26N4O2/c1-2-32-26(31)25-23-18-29(16-20-10-7-9-19-8-3-4-12-22(19)20)15-13-24(23)30(28-25)17-21-11-5-6-14-27-21/h3-12,14H,2,13,15-18H2,1H3. The topological polar surface area (TPSA) is 60.2 Å². The molecule has 162 valence electrons. The van der Waals surface area contributed by atoms with Crippen molar-refractivity contribution < 1.29 is 9.53 Å². The van der Waals surface area contributed by atoms with Gasteiger partial charge >= 0.3 is 5.97 Å². The van der Waals surface area contributed by atoms with E-state index in [1.54, 1.807) is 6.20 Å². The highest BCUT2D eigenvalue weighted by Crippen LogP contribution is 2.27. The number of hydrogen-bond acceptors (Lipinski definition) is 5. The summed E-state index contributed by atoms with van der Waals surface area (Å²) in [6.07, 6.45) is 2.61. The third-order valence-corrected chi connectivity index (χ3v) is 5.99. The molecule has 4 aromatic rings. The summed E-state index contributed by atoms with van der Waals surface area (Å²) in [4.78, 5) is 19.5. The predicted molar refractivity (Wildman–Crippen MR) is 123 cm³/mol. The summed E-state index contributed by atoms with van der Waals surface area (Å²) in [5.74, 6) is -0.351. The second kappa shape index (κ2) is 8.93. The lowest BCUT2D eigenvalue weighted by molar-refractivity contribution is 0.0515. The lowest BCUT2D eigenvalue weighted by Crippen LogP contribution is -2.31. The zero-order chi connectivity index (χ0) is 21.9. The van der Waals surface area contributed by atoms with Gasteiger partial charge in [-0.25, -0.2) is 4.79 Å². The molecule has 0 saturated carbocycles. The van der Waals surface area contributed by atoms with E-state index in [1.165, 1.54) is 16.3 Å². The van der Waals surface area contributed by atoms with Crippen LogP contribution in [0.2, 0.25) is 0 Å². The van der Waals surface area contributed by atoms with Gasteiger partial charge in [-0.3, -0.25) is 14.6 Å². The van der Waals surface area contributed by atoms with Crippen LogP contribution in [-0.2, 0) is 30.8 Å². The molecule has 0 radical (unpaired) electrons. The van der Waals surface area contributed by atoms with Crippen LogP contribution in [0.15, 0.2) is 66.9 Å². The number of carbonyl (C=O) groups excluding carboxylic acids is 1. The minimum Gasteiger partial charge on any atom is -0.461 e.